The van der Waals surface area contributed by atoms with Crippen LogP contribution in [0.25, 0.3) is 48.6 Å². The number of methoxy groups -OCH3 is 6. The Balaban J connectivity index is 0.000000228. The predicted octanol–water partition coefficient (Wildman–Crippen LogP) is 11.8. The zero-order valence-electron chi connectivity index (χ0n) is 34.5. The topological polar surface area (TPSA) is 103 Å². The van der Waals surface area contributed by atoms with E-state index in [-0.39, 0.29) is 0 Å². The van der Waals surface area contributed by atoms with Crippen molar-refractivity contribution in [3.8, 4) is 46.6 Å². The van der Waals surface area contributed by atoms with Crippen LogP contribution in [0.3, 0.4) is 0 Å². The van der Waals surface area contributed by atoms with E-state index in [0.29, 0.717) is 45.6 Å². The van der Waals surface area contributed by atoms with E-state index in [4.69, 9.17) is 38.9 Å². The molecule has 0 amide bonds. The predicted molar refractivity (Wildman–Crippen MR) is 243 cm³/mol. The van der Waals surface area contributed by atoms with E-state index in [1.165, 1.54) is 0 Å². The molecule has 6 rings (SSSR count). The fourth-order valence-corrected chi connectivity index (χ4v) is 5.91. The Kier molecular flexibility index (Phi) is 15.9. The Morgan fingerprint density at radius 3 is 0.733 bits per heavy atom. The van der Waals surface area contributed by atoms with Crippen molar-refractivity contribution in [1.29, 1.82) is 10.5 Å². The SMILES string of the molecule is COc1cc(OC)c(/C=C/c2ccc(/C=C/c3ccc(C#N)cc3)cc2)c(OC)c1.COc1cc(OC)c(/C=C/c2ccc(/C=C/c3ccc(C#N)cc3)cc2)c(OC)c1. The number of nitrogens with zero attached hydrogens (tertiary/aromatic N) is 2. The summed E-state index contributed by atoms with van der Waals surface area (Å²) in [4.78, 5) is 0. The lowest BCUT2D eigenvalue weighted by molar-refractivity contribution is 0.374. The summed E-state index contributed by atoms with van der Waals surface area (Å²) < 4.78 is 32.5. The van der Waals surface area contributed by atoms with Crippen LogP contribution < -0.4 is 28.4 Å². The van der Waals surface area contributed by atoms with E-state index in [1.54, 1.807) is 42.7 Å². The van der Waals surface area contributed by atoms with Crippen LogP contribution in [0.5, 0.6) is 34.5 Å². The van der Waals surface area contributed by atoms with Crippen LogP contribution >= 0.6 is 0 Å². The van der Waals surface area contributed by atoms with Gasteiger partial charge in [0.05, 0.1) is 77.1 Å². The van der Waals surface area contributed by atoms with E-state index < -0.39 is 0 Å². The van der Waals surface area contributed by atoms with Crippen LogP contribution in [0.1, 0.15) is 55.6 Å². The lowest BCUT2D eigenvalue weighted by Gasteiger charge is -2.12. The highest BCUT2D eigenvalue weighted by atomic mass is 16.5. The summed E-state index contributed by atoms with van der Waals surface area (Å²) in [6, 6.07) is 43.0. The normalized spacial score (nSPS) is 10.9. The molecule has 6 aromatic carbocycles. The molecule has 0 radical (unpaired) electrons. The third-order valence-electron chi connectivity index (χ3n) is 9.28. The van der Waals surface area contributed by atoms with Crippen LogP contribution in [0.2, 0.25) is 0 Å². The lowest BCUT2D eigenvalue weighted by Crippen LogP contribution is -1.94. The number of hydrogen-bond donors (Lipinski definition) is 0. The largest absolute Gasteiger partial charge is 0.496 e. The second kappa shape index (κ2) is 22.1. The molecule has 0 saturated heterocycles. The molecule has 0 aliphatic carbocycles. The first-order valence-electron chi connectivity index (χ1n) is 18.9. The molecule has 0 aromatic heterocycles. The van der Waals surface area contributed by atoms with Gasteiger partial charge in [0.25, 0.3) is 0 Å². The van der Waals surface area contributed by atoms with E-state index in [1.807, 2.05) is 121 Å². The van der Waals surface area contributed by atoms with Gasteiger partial charge in [0.1, 0.15) is 34.5 Å². The molecule has 0 saturated carbocycles. The molecule has 0 atom stereocenters. The van der Waals surface area contributed by atoms with Crippen LogP contribution in [-0.4, -0.2) is 42.7 Å². The van der Waals surface area contributed by atoms with Gasteiger partial charge in [-0.25, -0.2) is 0 Å². The third kappa shape index (κ3) is 12.0. The fraction of sp³-hybridized carbons (Fsp3) is 0.115. The highest BCUT2D eigenvalue weighted by Crippen LogP contribution is 2.36. The molecule has 0 bridgehead atoms. The molecule has 0 aliphatic heterocycles. The minimum Gasteiger partial charge on any atom is -0.496 e. The van der Waals surface area contributed by atoms with Gasteiger partial charge in [-0.3, -0.25) is 0 Å². The van der Waals surface area contributed by atoms with Gasteiger partial charge in [0.2, 0.25) is 0 Å². The van der Waals surface area contributed by atoms with Gasteiger partial charge in [-0.1, -0.05) is 109 Å². The Bertz CT molecular complexity index is 2310. The average Bonchev–Trinajstić information content (AvgIpc) is 3.31. The van der Waals surface area contributed by atoms with Gasteiger partial charge < -0.3 is 28.4 Å². The smallest absolute Gasteiger partial charge is 0.133 e. The van der Waals surface area contributed by atoms with Gasteiger partial charge in [-0.05, 0) is 69.8 Å². The van der Waals surface area contributed by atoms with Crippen molar-refractivity contribution < 1.29 is 28.4 Å². The summed E-state index contributed by atoms with van der Waals surface area (Å²) in [6.45, 7) is 0. The highest BCUT2D eigenvalue weighted by Gasteiger charge is 2.12. The first kappa shape index (κ1) is 43.2. The number of rotatable bonds is 14. The van der Waals surface area contributed by atoms with Gasteiger partial charge in [-0.15, -0.1) is 0 Å². The molecule has 0 heterocycles. The second-order valence-electron chi connectivity index (χ2n) is 13.0. The summed E-state index contributed by atoms with van der Waals surface area (Å²) in [5.41, 5.74) is 9.44. The van der Waals surface area contributed by atoms with E-state index in [0.717, 1.165) is 44.5 Å². The Morgan fingerprint density at radius 2 is 0.533 bits per heavy atom. The van der Waals surface area contributed by atoms with Gasteiger partial charge in [0.15, 0.2) is 0 Å². The fourth-order valence-electron chi connectivity index (χ4n) is 5.91. The van der Waals surface area contributed by atoms with Gasteiger partial charge in [-0.2, -0.15) is 10.5 Å². The van der Waals surface area contributed by atoms with Crippen LogP contribution in [0, 0.1) is 22.7 Å². The number of nitriles is 2. The number of ether oxygens (including phenoxy) is 6. The number of benzene rings is 6. The molecule has 8 nitrogen and oxygen atoms in total. The zero-order chi connectivity index (χ0) is 42.7. The summed E-state index contributed by atoms with van der Waals surface area (Å²) >= 11 is 0. The monoisotopic (exact) mass is 794 g/mol. The molecule has 300 valence electrons. The van der Waals surface area contributed by atoms with Crippen molar-refractivity contribution in [3.05, 3.63) is 177 Å². The van der Waals surface area contributed by atoms with Crippen LogP contribution in [0.4, 0.5) is 0 Å². The first-order chi connectivity index (χ1) is 29.3. The molecule has 60 heavy (non-hydrogen) atoms. The quantitative estimate of drug-likeness (QED) is 0.100. The molecular formula is C52H46N2O6. The average molecular weight is 795 g/mol. The Morgan fingerprint density at radius 1 is 0.317 bits per heavy atom. The van der Waals surface area contributed by atoms with Crippen molar-refractivity contribution >= 4 is 48.6 Å². The van der Waals surface area contributed by atoms with Crippen LogP contribution in [0.15, 0.2) is 121 Å². The zero-order valence-corrected chi connectivity index (χ0v) is 34.5. The van der Waals surface area contributed by atoms with Crippen molar-refractivity contribution in [1.82, 2.24) is 0 Å². The molecular weight excluding hydrogens is 749 g/mol. The molecule has 0 fully saturated rings. The molecule has 6 aromatic rings. The maximum Gasteiger partial charge on any atom is 0.133 e. The molecule has 0 aliphatic rings. The van der Waals surface area contributed by atoms with E-state index in [9.17, 15) is 0 Å². The lowest BCUT2D eigenvalue weighted by atomic mass is 10.1. The maximum atomic E-state index is 8.87. The highest BCUT2D eigenvalue weighted by molar-refractivity contribution is 5.79. The molecule has 0 spiro atoms. The maximum absolute atomic E-state index is 8.87. The summed E-state index contributed by atoms with van der Waals surface area (Å²) in [7, 11) is 9.73. The minimum atomic E-state index is 0.661. The third-order valence-corrected chi connectivity index (χ3v) is 9.28. The van der Waals surface area contributed by atoms with E-state index >= 15 is 0 Å². The molecule has 0 N–H and O–H groups in total. The van der Waals surface area contributed by atoms with Crippen molar-refractivity contribution in [2.75, 3.05) is 42.7 Å². The minimum absolute atomic E-state index is 0.661. The molecule has 8 heteroatoms. The van der Waals surface area contributed by atoms with E-state index in [2.05, 4.69) is 60.7 Å². The van der Waals surface area contributed by atoms with Crippen molar-refractivity contribution in [2.45, 2.75) is 0 Å². The Hall–Kier alpha value is -7.94. The standard InChI is InChI=1S/2C26H23NO3/c2*1-28-23-16-25(29-2)24(26(17-23)30-3)15-14-21-8-6-19(7-9-21)4-5-20-10-12-22(18-27)13-11-20/h2*4-17H,1-3H3/b2*5-4+,15-14+. The Labute approximate surface area is 352 Å². The second-order valence-corrected chi connectivity index (χ2v) is 13.0. The first-order valence-corrected chi connectivity index (χ1v) is 18.9. The summed E-state index contributed by atoms with van der Waals surface area (Å²) in [5.74, 6) is 4.10. The van der Waals surface area contributed by atoms with Crippen LogP contribution in [-0.2, 0) is 0 Å². The summed E-state index contributed by atoms with van der Waals surface area (Å²) in [5, 5.41) is 17.7. The van der Waals surface area contributed by atoms with Crippen molar-refractivity contribution in [3.63, 3.8) is 0 Å². The van der Waals surface area contributed by atoms with Crippen molar-refractivity contribution in [2.24, 2.45) is 0 Å². The number of hydrogen-bond acceptors (Lipinski definition) is 8. The molecule has 0 unspecified atom stereocenters. The van der Waals surface area contributed by atoms with Gasteiger partial charge >= 0.3 is 0 Å². The van der Waals surface area contributed by atoms with Gasteiger partial charge in [0, 0.05) is 24.3 Å². The summed E-state index contributed by atoms with van der Waals surface area (Å²) in [6.07, 6.45) is 16.1.